The van der Waals surface area contributed by atoms with Gasteiger partial charge >= 0.3 is 0 Å². The van der Waals surface area contributed by atoms with Crippen LogP contribution in [0.2, 0.25) is 0 Å². The van der Waals surface area contributed by atoms with Gasteiger partial charge in [0.1, 0.15) is 5.75 Å². The first-order valence-electron chi connectivity index (χ1n) is 6.11. The number of methoxy groups -OCH3 is 1. The molecule has 0 saturated carbocycles. The van der Waals surface area contributed by atoms with E-state index in [1.54, 1.807) is 30.2 Å². The predicted molar refractivity (Wildman–Crippen MR) is 77.8 cm³/mol. The Morgan fingerprint density at radius 3 is 2.90 bits per heavy atom. The van der Waals surface area contributed by atoms with Gasteiger partial charge in [-0.15, -0.1) is 5.10 Å². The molecule has 0 bridgehead atoms. The summed E-state index contributed by atoms with van der Waals surface area (Å²) in [7, 11) is 0.773. The maximum Gasteiger partial charge on any atom is 0.182 e. The summed E-state index contributed by atoms with van der Waals surface area (Å²) in [5.41, 5.74) is 7.22. The van der Waals surface area contributed by atoms with Gasteiger partial charge < -0.3 is 10.5 Å². The predicted octanol–water partition coefficient (Wildman–Crippen LogP) is 0.699. The summed E-state index contributed by atoms with van der Waals surface area (Å²) >= 11 is 0. The average Bonchev–Trinajstić information content (AvgIpc) is 2.86. The molecular formula is C12H17N5O2S. The molecule has 0 aliphatic heterocycles. The molecule has 0 saturated heterocycles. The van der Waals surface area contributed by atoms with E-state index in [4.69, 9.17) is 10.5 Å². The number of aryl methyl sites for hydroxylation is 1. The first kappa shape index (κ1) is 14.4. The number of nitrogens with two attached hydrogens (primary N) is 1. The number of rotatable bonds is 6. The lowest BCUT2D eigenvalue weighted by Gasteiger charge is -2.07. The van der Waals surface area contributed by atoms with Gasteiger partial charge in [-0.2, -0.15) is 0 Å². The van der Waals surface area contributed by atoms with Crippen LogP contribution in [0.4, 0.5) is 5.69 Å². The van der Waals surface area contributed by atoms with E-state index in [1.165, 1.54) is 0 Å². The lowest BCUT2D eigenvalue weighted by Crippen LogP contribution is -2.06. The van der Waals surface area contributed by atoms with Gasteiger partial charge in [0, 0.05) is 46.7 Å². The van der Waals surface area contributed by atoms with Crippen molar-refractivity contribution in [2.45, 2.75) is 13.0 Å². The number of tetrazole rings is 1. The number of hydrogen-bond donors (Lipinski definition) is 1. The summed E-state index contributed by atoms with van der Waals surface area (Å²) in [5, 5.41) is 11.7. The molecule has 2 N–H and O–H groups in total. The normalized spacial score (nSPS) is 12.3. The first-order valence-corrected chi connectivity index (χ1v) is 7.84. The number of nitrogen functional groups attached to an aromatic ring is 1. The highest BCUT2D eigenvalue weighted by Gasteiger charge is 2.11. The number of nitrogens with zero attached hydrogens (tertiary/aromatic N) is 4. The molecule has 0 aliphatic rings. The molecule has 0 fully saturated rings. The van der Waals surface area contributed by atoms with E-state index in [0.717, 1.165) is 12.0 Å². The van der Waals surface area contributed by atoms with Gasteiger partial charge in [0.15, 0.2) is 5.82 Å². The van der Waals surface area contributed by atoms with Crippen molar-refractivity contribution in [1.82, 2.24) is 20.2 Å². The molecule has 7 nitrogen and oxygen atoms in total. The molecule has 1 atom stereocenters. The molecule has 8 heteroatoms. The van der Waals surface area contributed by atoms with Crippen LogP contribution in [-0.2, 0) is 17.3 Å². The minimum Gasteiger partial charge on any atom is -0.497 e. The lowest BCUT2D eigenvalue weighted by molar-refractivity contribution is 0.415. The molecule has 2 aromatic rings. The summed E-state index contributed by atoms with van der Waals surface area (Å²) in [6.07, 6.45) is 2.43. The quantitative estimate of drug-likeness (QED) is 0.788. The molecule has 1 aromatic carbocycles. The first-order chi connectivity index (χ1) is 9.60. The fourth-order valence-electron chi connectivity index (χ4n) is 1.85. The molecular weight excluding hydrogens is 278 g/mol. The Hall–Kier alpha value is -1.96. The van der Waals surface area contributed by atoms with E-state index >= 15 is 0 Å². The van der Waals surface area contributed by atoms with Gasteiger partial charge in [-0.1, -0.05) is 0 Å². The third kappa shape index (κ3) is 3.53. The zero-order chi connectivity index (χ0) is 14.5. The van der Waals surface area contributed by atoms with Crippen LogP contribution in [0.5, 0.6) is 5.75 Å². The fraction of sp³-hybridized carbons (Fsp3) is 0.417. The molecule has 0 amide bonds. The van der Waals surface area contributed by atoms with Crippen LogP contribution < -0.4 is 10.5 Å². The molecule has 0 radical (unpaired) electrons. The maximum atomic E-state index is 11.1. The highest BCUT2D eigenvalue weighted by molar-refractivity contribution is 7.84. The van der Waals surface area contributed by atoms with E-state index in [1.807, 2.05) is 6.07 Å². The van der Waals surface area contributed by atoms with Gasteiger partial charge in [0.2, 0.25) is 0 Å². The fourth-order valence-corrected chi connectivity index (χ4v) is 2.38. The van der Waals surface area contributed by atoms with E-state index in [-0.39, 0.29) is 0 Å². The van der Waals surface area contributed by atoms with Crippen molar-refractivity contribution >= 4 is 16.5 Å². The number of ether oxygens (including phenoxy) is 1. The second-order valence-electron chi connectivity index (χ2n) is 4.35. The molecule has 1 heterocycles. The van der Waals surface area contributed by atoms with Gasteiger partial charge in [0.25, 0.3) is 0 Å². The molecule has 20 heavy (non-hydrogen) atoms. The second-order valence-corrected chi connectivity index (χ2v) is 5.91. The van der Waals surface area contributed by atoms with Crippen LogP contribution in [0.1, 0.15) is 6.42 Å². The maximum absolute atomic E-state index is 11.1. The van der Waals surface area contributed by atoms with E-state index in [2.05, 4.69) is 15.5 Å². The van der Waals surface area contributed by atoms with Crippen LogP contribution in [-0.4, -0.2) is 43.5 Å². The Labute approximate surface area is 119 Å². The highest BCUT2D eigenvalue weighted by atomic mass is 32.2. The highest BCUT2D eigenvalue weighted by Crippen LogP contribution is 2.25. The Morgan fingerprint density at radius 1 is 1.40 bits per heavy atom. The molecule has 0 spiro atoms. The van der Waals surface area contributed by atoms with E-state index < -0.39 is 10.8 Å². The summed E-state index contributed by atoms with van der Waals surface area (Å²) in [4.78, 5) is 0. The Kier molecular flexibility index (Phi) is 4.67. The molecule has 108 valence electrons. The molecule has 0 aliphatic carbocycles. The zero-order valence-corrected chi connectivity index (χ0v) is 12.3. The smallest absolute Gasteiger partial charge is 0.182 e. The summed E-state index contributed by atoms with van der Waals surface area (Å²) in [6, 6.07) is 5.36. The van der Waals surface area contributed by atoms with Gasteiger partial charge in [-0.25, -0.2) is 4.68 Å². The number of anilines is 1. The number of hydrogen-bond acceptors (Lipinski definition) is 6. The Bertz CT molecular complexity index is 614. The minimum absolute atomic E-state index is 0.587. The molecule has 1 unspecified atom stereocenters. The number of benzene rings is 1. The zero-order valence-electron chi connectivity index (χ0n) is 11.4. The summed E-state index contributed by atoms with van der Waals surface area (Å²) in [5.74, 6) is 1.90. The minimum atomic E-state index is -0.809. The van der Waals surface area contributed by atoms with Crippen LogP contribution in [0, 0.1) is 0 Å². The van der Waals surface area contributed by atoms with Crippen molar-refractivity contribution in [3.63, 3.8) is 0 Å². The Balaban J connectivity index is 2.22. The van der Waals surface area contributed by atoms with Crippen molar-refractivity contribution in [3.8, 4) is 17.1 Å². The van der Waals surface area contributed by atoms with Gasteiger partial charge in [0.05, 0.1) is 7.11 Å². The lowest BCUT2D eigenvalue weighted by atomic mass is 10.1. The third-order valence-electron chi connectivity index (χ3n) is 2.76. The van der Waals surface area contributed by atoms with E-state index in [9.17, 15) is 4.21 Å². The van der Waals surface area contributed by atoms with Crippen LogP contribution in [0.15, 0.2) is 18.2 Å². The SMILES string of the molecule is COc1cc(N)cc(-c2nnnn2CCCS(C)=O)c1. The average molecular weight is 295 g/mol. The van der Waals surface area contributed by atoms with Crippen molar-refractivity contribution in [3.05, 3.63) is 18.2 Å². The molecule has 1 aromatic heterocycles. The van der Waals surface area contributed by atoms with Crippen molar-refractivity contribution in [1.29, 1.82) is 0 Å². The second kappa shape index (κ2) is 6.47. The van der Waals surface area contributed by atoms with Gasteiger partial charge in [-0.3, -0.25) is 4.21 Å². The standard InChI is InChI=1S/C12H17N5O2S/c1-19-11-7-9(6-10(13)8-11)12-14-15-16-17(12)4-3-5-20(2)18/h6-8H,3-5,13H2,1-2H3. The van der Waals surface area contributed by atoms with Crippen LogP contribution in [0.25, 0.3) is 11.4 Å². The third-order valence-corrected chi connectivity index (χ3v) is 3.62. The van der Waals surface area contributed by atoms with Gasteiger partial charge in [-0.05, 0) is 29.0 Å². The van der Waals surface area contributed by atoms with Crippen LogP contribution in [0.3, 0.4) is 0 Å². The Morgan fingerprint density at radius 2 is 2.20 bits per heavy atom. The van der Waals surface area contributed by atoms with Crippen molar-refractivity contribution < 1.29 is 8.95 Å². The van der Waals surface area contributed by atoms with Crippen molar-refractivity contribution in [2.75, 3.05) is 24.9 Å². The molecule has 2 rings (SSSR count). The topological polar surface area (TPSA) is 95.9 Å². The van der Waals surface area contributed by atoms with E-state index in [0.29, 0.717) is 29.6 Å². The summed E-state index contributed by atoms with van der Waals surface area (Å²) in [6.45, 7) is 0.610. The number of aromatic nitrogens is 4. The van der Waals surface area contributed by atoms with Crippen molar-refractivity contribution in [2.24, 2.45) is 0 Å². The van der Waals surface area contributed by atoms with Crippen LogP contribution >= 0.6 is 0 Å². The summed E-state index contributed by atoms with van der Waals surface area (Å²) < 4.78 is 17.9. The largest absolute Gasteiger partial charge is 0.497 e. The monoisotopic (exact) mass is 295 g/mol.